The van der Waals surface area contributed by atoms with Gasteiger partial charge in [-0.25, -0.2) is 9.97 Å². The summed E-state index contributed by atoms with van der Waals surface area (Å²) in [4.78, 5) is 20.6. The quantitative estimate of drug-likeness (QED) is 0.667. The second-order valence-electron chi connectivity index (χ2n) is 5.64. The third kappa shape index (κ3) is 3.92. The molecule has 0 amide bonds. The summed E-state index contributed by atoms with van der Waals surface area (Å²) in [6, 6.07) is 11.0. The van der Waals surface area contributed by atoms with Crippen molar-refractivity contribution in [3.63, 3.8) is 0 Å². The molecule has 25 heavy (non-hydrogen) atoms. The van der Waals surface area contributed by atoms with Crippen molar-refractivity contribution in [3.8, 4) is 5.75 Å². The Balaban J connectivity index is 1.69. The van der Waals surface area contributed by atoms with E-state index in [2.05, 4.69) is 16.5 Å². The van der Waals surface area contributed by atoms with Crippen molar-refractivity contribution >= 4 is 11.0 Å². The van der Waals surface area contributed by atoms with Crippen molar-refractivity contribution in [1.82, 2.24) is 14.5 Å². The Morgan fingerprint density at radius 1 is 1.24 bits per heavy atom. The summed E-state index contributed by atoms with van der Waals surface area (Å²) in [6.07, 6.45) is 4.63. The van der Waals surface area contributed by atoms with E-state index in [1.54, 1.807) is 24.4 Å². The van der Waals surface area contributed by atoms with Crippen LogP contribution in [0.5, 0.6) is 5.75 Å². The van der Waals surface area contributed by atoms with Crippen LogP contribution in [0.3, 0.4) is 0 Å². The molecule has 128 valence electrons. The van der Waals surface area contributed by atoms with Crippen molar-refractivity contribution in [2.45, 2.75) is 19.1 Å². The summed E-state index contributed by atoms with van der Waals surface area (Å²) >= 11 is 0. The topological polar surface area (TPSA) is 77.2 Å². The van der Waals surface area contributed by atoms with E-state index < -0.39 is 6.10 Å². The highest BCUT2D eigenvalue weighted by Gasteiger charge is 2.11. The van der Waals surface area contributed by atoms with Gasteiger partial charge in [0.2, 0.25) is 0 Å². The van der Waals surface area contributed by atoms with Gasteiger partial charge in [0, 0.05) is 6.20 Å². The molecule has 1 N–H and O–H groups in total. The molecule has 0 radical (unpaired) electrons. The van der Waals surface area contributed by atoms with Gasteiger partial charge in [-0.2, -0.15) is 0 Å². The molecule has 3 aromatic rings. The molecule has 2 aromatic heterocycles. The number of aromatic nitrogens is 3. The molecule has 0 saturated heterocycles. The number of hydrogen-bond acceptors (Lipinski definition) is 5. The number of fused-ring (bicyclic) bond motifs is 1. The van der Waals surface area contributed by atoms with Gasteiger partial charge in [-0.3, -0.25) is 9.36 Å². The fourth-order valence-electron chi connectivity index (χ4n) is 2.56. The van der Waals surface area contributed by atoms with Gasteiger partial charge in [-0.1, -0.05) is 24.3 Å². The zero-order valence-corrected chi connectivity index (χ0v) is 13.7. The van der Waals surface area contributed by atoms with Crippen LogP contribution in [0, 0.1) is 0 Å². The highest BCUT2D eigenvalue weighted by molar-refractivity contribution is 5.72. The van der Waals surface area contributed by atoms with Crippen molar-refractivity contribution < 1.29 is 9.84 Å². The number of ether oxygens (including phenoxy) is 1. The predicted molar refractivity (Wildman–Crippen MR) is 95.6 cm³/mol. The minimum atomic E-state index is -0.842. The molecule has 0 fully saturated rings. The van der Waals surface area contributed by atoms with Crippen LogP contribution < -0.4 is 10.3 Å². The molecule has 1 unspecified atom stereocenters. The number of hydrogen-bond donors (Lipinski definition) is 1. The monoisotopic (exact) mass is 337 g/mol. The predicted octanol–water partition coefficient (Wildman–Crippen LogP) is 1.96. The maximum absolute atomic E-state index is 12.4. The second kappa shape index (κ2) is 7.72. The zero-order valence-electron chi connectivity index (χ0n) is 13.7. The van der Waals surface area contributed by atoms with E-state index in [9.17, 15) is 9.90 Å². The Labute approximate surface area is 145 Å². The van der Waals surface area contributed by atoms with Gasteiger partial charge in [-0.15, -0.1) is 6.58 Å². The normalized spacial score (nSPS) is 12.0. The van der Waals surface area contributed by atoms with Crippen molar-refractivity contribution in [3.05, 3.63) is 77.5 Å². The molecule has 6 nitrogen and oxygen atoms in total. The van der Waals surface area contributed by atoms with Crippen LogP contribution in [0.4, 0.5) is 0 Å². The number of nitrogens with zero attached hydrogens (tertiary/aromatic N) is 3. The van der Waals surface area contributed by atoms with E-state index in [4.69, 9.17) is 4.74 Å². The first-order valence-electron chi connectivity index (χ1n) is 7.99. The molecule has 3 rings (SSSR count). The minimum Gasteiger partial charge on any atom is -0.491 e. The minimum absolute atomic E-state index is 0.0751. The molecule has 6 heteroatoms. The maximum atomic E-state index is 12.4. The molecular formula is C19H19N3O3. The largest absolute Gasteiger partial charge is 0.491 e. The maximum Gasteiger partial charge on any atom is 0.262 e. The molecule has 0 aliphatic rings. The van der Waals surface area contributed by atoms with Gasteiger partial charge in [0.25, 0.3) is 5.56 Å². The van der Waals surface area contributed by atoms with Crippen LogP contribution in [0.25, 0.3) is 11.0 Å². The van der Waals surface area contributed by atoms with Crippen molar-refractivity contribution in [2.24, 2.45) is 0 Å². The van der Waals surface area contributed by atoms with E-state index in [0.29, 0.717) is 23.2 Å². The Morgan fingerprint density at radius 3 is 2.92 bits per heavy atom. The Bertz CT molecular complexity index is 936. The lowest BCUT2D eigenvalue weighted by Crippen LogP contribution is -2.30. The molecule has 2 heterocycles. The van der Waals surface area contributed by atoms with Crippen molar-refractivity contribution in [1.29, 1.82) is 0 Å². The van der Waals surface area contributed by atoms with E-state index in [1.165, 1.54) is 10.9 Å². The summed E-state index contributed by atoms with van der Waals surface area (Å²) in [5.41, 5.74) is 1.16. The first-order valence-corrected chi connectivity index (χ1v) is 7.99. The van der Waals surface area contributed by atoms with Crippen LogP contribution in [0.15, 0.2) is 66.4 Å². The van der Waals surface area contributed by atoms with Crippen LogP contribution in [-0.2, 0) is 13.0 Å². The number of para-hydroxylation sites is 1. The van der Waals surface area contributed by atoms with E-state index in [0.717, 1.165) is 5.56 Å². The summed E-state index contributed by atoms with van der Waals surface area (Å²) < 4.78 is 7.07. The lowest BCUT2D eigenvalue weighted by atomic mass is 10.1. The SMILES string of the molecule is C=CCc1ccccc1OCC(O)Cn1cnc2ncccc2c1=O. The number of pyridine rings is 1. The van der Waals surface area contributed by atoms with Gasteiger partial charge in [0.15, 0.2) is 5.65 Å². The summed E-state index contributed by atoms with van der Waals surface area (Å²) in [5.74, 6) is 0.703. The number of allylic oxidation sites excluding steroid dienone is 1. The molecule has 0 spiro atoms. The average Bonchev–Trinajstić information content (AvgIpc) is 2.64. The van der Waals surface area contributed by atoms with Gasteiger partial charge in [0.05, 0.1) is 11.9 Å². The van der Waals surface area contributed by atoms with Crippen LogP contribution in [0.2, 0.25) is 0 Å². The summed E-state index contributed by atoms with van der Waals surface area (Å²) in [5, 5.41) is 10.7. The summed E-state index contributed by atoms with van der Waals surface area (Å²) in [7, 11) is 0. The molecule has 0 bridgehead atoms. The highest BCUT2D eigenvalue weighted by Crippen LogP contribution is 2.19. The van der Waals surface area contributed by atoms with E-state index in [1.807, 2.05) is 24.3 Å². The molecule has 0 aliphatic heterocycles. The van der Waals surface area contributed by atoms with E-state index in [-0.39, 0.29) is 18.7 Å². The van der Waals surface area contributed by atoms with Gasteiger partial charge in [0.1, 0.15) is 24.8 Å². The number of aliphatic hydroxyl groups is 1. The lowest BCUT2D eigenvalue weighted by molar-refractivity contribution is 0.0911. The number of benzene rings is 1. The van der Waals surface area contributed by atoms with Gasteiger partial charge in [-0.05, 0) is 30.2 Å². The third-order valence-corrected chi connectivity index (χ3v) is 3.77. The zero-order chi connectivity index (χ0) is 17.6. The van der Waals surface area contributed by atoms with Crippen molar-refractivity contribution in [2.75, 3.05) is 6.61 Å². The smallest absolute Gasteiger partial charge is 0.262 e. The van der Waals surface area contributed by atoms with E-state index >= 15 is 0 Å². The Hall–Kier alpha value is -2.99. The lowest BCUT2D eigenvalue weighted by Gasteiger charge is -2.15. The van der Waals surface area contributed by atoms with Gasteiger partial charge < -0.3 is 9.84 Å². The molecule has 0 saturated carbocycles. The van der Waals surface area contributed by atoms with Gasteiger partial charge >= 0.3 is 0 Å². The molecule has 0 aliphatic carbocycles. The van der Waals surface area contributed by atoms with Crippen LogP contribution in [-0.4, -0.2) is 32.4 Å². The average molecular weight is 337 g/mol. The first-order chi connectivity index (χ1) is 12.2. The molecule has 1 atom stereocenters. The fraction of sp³-hybridized carbons (Fsp3) is 0.211. The van der Waals surface area contributed by atoms with Crippen LogP contribution >= 0.6 is 0 Å². The Kier molecular flexibility index (Phi) is 5.20. The number of aliphatic hydroxyl groups excluding tert-OH is 1. The molecule has 1 aromatic carbocycles. The summed E-state index contributed by atoms with van der Waals surface area (Å²) in [6.45, 7) is 3.90. The third-order valence-electron chi connectivity index (χ3n) is 3.77. The number of rotatable bonds is 7. The fourth-order valence-corrected chi connectivity index (χ4v) is 2.56. The Morgan fingerprint density at radius 2 is 2.08 bits per heavy atom. The molecular weight excluding hydrogens is 318 g/mol. The van der Waals surface area contributed by atoms with Crippen LogP contribution in [0.1, 0.15) is 5.56 Å². The highest BCUT2D eigenvalue weighted by atomic mass is 16.5. The second-order valence-corrected chi connectivity index (χ2v) is 5.64. The standard InChI is InChI=1S/C19H19N3O3/c1-2-6-14-7-3-4-9-17(14)25-12-15(23)11-22-13-21-18-16(19(22)24)8-5-10-20-18/h2-5,7-10,13,15,23H,1,6,11-12H2. The first kappa shape index (κ1) is 16.9.